The number of rotatable bonds is 2. The standard InChI is InChI=1S/C14H12ClF3O3/c1-3-20-12(19)10-7-9-5-4-8(2)6-11(9)21-13(10,15)14(16,17)18/h4-7H,3H2,1-2H3. The van der Waals surface area contributed by atoms with E-state index >= 15 is 0 Å². The average molecular weight is 321 g/mol. The quantitative estimate of drug-likeness (QED) is 0.613. The Morgan fingerprint density at radius 2 is 2.10 bits per heavy atom. The Balaban J connectivity index is 2.59. The van der Waals surface area contributed by atoms with Crippen LogP contribution in [0.2, 0.25) is 0 Å². The van der Waals surface area contributed by atoms with Crippen LogP contribution in [0.4, 0.5) is 13.2 Å². The summed E-state index contributed by atoms with van der Waals surface area (Å²) in [5, 5.41) is -3.25. The largest absolute Gasteiger partial charge is 0.462 e. The van der Waals surface area contributed by atoms with E-state index in [1.165, 1.54) is 13.0 Å². The molecule has 1 unspecified atom stereocenters. The van der Waals surface area contributed by atoms with Gasteiger partial charge in [-0.3, -0.25) is 0 Å². The van der Waals surface area contributed by atoms with Crippen LogP contribution < -0.4 is 4.74 Å². The zero-order chi connectivity index (χ0) is 15.8. The lowest BCUT2D eigenvalue weighted by molar-refractivity contribution is -0.204. The number of alkyl halides is 4. The lowest BCUT2D eigenvalue weighted by Crippen LogP contribution is -2.50. The molecule has 0 spiro atoms. The molecular weight excluding hydrogens is 309 g/mol. The molecule has 0 fully saturated rings. The third-order valence-corrected chi connectivity index (χ3v) is 3.42. The second-order valence-electron chi connectivity index (χ2n) is 4.51. The molecule has 1 heterocycles. The molecule has 1 aliphatic rings. The third kappa shape index (κ3) is 2.72. The number of hydrogen-bond donors (Lipinski definition) is 0. The minimum Gasteiger partial charge on any atom is -0.462 e. The van der Waals surface area contributed by atoms with E-state index in [2.05, 4.69) is 4.74 Å². The molecule has 1 aromatic rings. The predicted octanol–water partition coefficient (Wildman–Crippen LogP) is 3.83. The molecule has 1 aromatic carbocycles. The zero-order valence-corrected chi connectivity index (χ0v) is 12.0. The summed E-state index contributed by atoms with van der Waals surface area (Å²) in [7, 11) is 0. The Hall–Kier alpha value is -1.69. The second-order valence-corrected chi connectivity index (χ2v) is 5.05. The Morgan fingerprint density at radius 1 is 1.43 bits per heavy atom. The van der Waals surface area contributed by atoms with Crippen molar-refractivity contribution < 1.29 is 27.4 Å². The highest BCUT2D eigenvalue weighted by Crippen LogP contribution is 2.48. The molecule has 0 N–H and O–H groups in total. The molecule has 0 saturated heterocycles. The monoisotopic (exact) mass is 320 g/mol. The summed E-state index contributed by atoms with van der Waals surface area (Å²) < 4.78 is 49.4. The fourth-order valence-corrected chi connectivity index (χ4v) is 2.13. The van der Waals surface area contributed by atoms with Gasteiger partial charge in [0.2, 0.25) is 0 Å². The van der Waals surface area contributed by atoms with Crippen LogP contribution >= 0.6 is 11.6 Å². The van der Waals surface area contributed by atoms with Crippen LogP contribution in [-0.4, -0.2) is 23.8 Å². The van der Waals surface area contributed by atoms with Gasteiger partial charge in [-0.1, -0.05) is 23.7 Å². The van der Waals surface area contributed by atoms with Gasteiger partial charge >= 0.3 is 17.2 Å². The maximum atomic E-state index is 13.3. The molecule has 0 amide bonds. The molecule has 0 radical (unpaired) electrons. The SMILES string of the molecule is CCOC(=O)C1=Cc2ccc(C)cc2OC1(Cl)C(F)(F)F. The van der Waals surface area contributed by atoms with Gasteiger partial charge in [0.15, 0.2) is 0 Å². The average Bonchev–Trinajstić information content (AvgIpc) is 2.36. The lowest BCUT2D eigenvalue weighted by atomic mass is 9.99. The third-order valence-electron chi connectivity index (χ3n) is 2.93. The molecule has 0 aromatic heterocycles. The molecule has 1 aliphatic heterocycles. The molecule has 1 atom stereocenters. The molecule has 2 rings (SSSR count). The minimum absolute atomic E-state index is 0.0321. The van der Waals surface area contributed by atoms with E-state index < -0.39 is 22.8 Å². The summed E-state index contributed by atoms with van der Waals surface area (Å²) >= 11 is 5.61. The number of benzene rings is 1. The normalized spacial score (nSPS) is 21.1. The van der Waals surface area contributed by atoms with Gasteiger partial charge in [-0.2, -0.15) is 13.2 Å². The molecule has 21 heavy (non-hydrogen) atoms. The smallest absolute Gasteiger partial charge is 0.448 e. The van der Waals surface area contributed by atoms with E-state index in [9.17, 15) is 18.0 Å². The van der Waals surface area contributed by atoms with Gasteiger partial charge < -0.3 is 9.47 Å². The minimum atomic E-state index is -4.98. The summed E-state index contributed by atoms with van der Waals surface area (Å²) in [5.41, 5.74) is 0.266. The van der Waals surface area contributed by atoms with Gasteiger partial charge in [0.05, 0.1) is 6.61 Å². The van der Waals surface area contributed by atoms with Crippen LogP contribution in [0.3, 0.4) is 0 Å². The van der Waals surface area contributed by atoms with Crippen molar-refractivity contribution in [2.75, 3.05) is 6.61 Å². The van der Waals surface area contributed by atoms with E-state index in [1.807, 2.05) is 0 Å². The van der Waals surface area contributed by atoms with Crippen molar-refractivity contribution in [1.82, 2.24) is 0 Å². The first-order valence-corrected chi connectivity index (χ1v) is 6.51. The van der Waals surface area contributed by atoms with Gasteiger partial charge in [-0.25, -0.2) is 4.79 Å². The first kappa shape index (κ1) is 15.7. The Morgan fingerprint density at radius 3 is 2.67 bits per heavy atom. The summed E-state index contributed by atoms with van der Waals surface area (Å²) in [6, 6.07) is 4.67. The Kier molecular flexibility index (Phi) is 3.93. The summed E-state index contributed by atoms with van der Waals surface area (Å²) in [4.78, 5) is 11.8. The first-order valence-electron chi connectivity index (χ1n) is 6.13. The maximum absolute atomic E-state index is 13.3. The highest BCUT2D eigenvalue weighted by atomic mass is 35.5. The van der Waals surface area contributed by atoms with Crippen molar-refractivity contribution in [2.24, 2.45) is 0 Å². The Labute approximate surface area is 124 Å². The van der Waals surface area contributed by atoms with Gasteiger partial charge in [-0.05, 0) is 31.6 Å². The molecule has 0 saturated carbocycles. The van der Waals surface area contributed by atoms with Crippen molar-refractivity contribution >= 4 is 23.6 Å². The van der Waals surface area contributed by atoms with E-state index in [4.69, 9.17) is 16.3 Å². The molecule has 114 valence electrons. The van der Waals surface area contributed by atoms with Crippen molar-refractivity contribution in [2.45, 2.75) is 25.1 Å². The van der Waals surface area contributed by atoms with Crippen LogP contribution in [-0.2, 0) is 9.53 Å². The van der Waals surface area contributed by atoms with Crippen molar-refractivity contribution in [3.05, 3.63) is 34.9 Å². The van der Waals surface area contributed by atoms with E-state index in [0.29, 0.717) is 11.1 Å². The number of halogens is 4. The summed E-state index contributed by atoms with van der Waals surface area (Å²) in [6.45, 7) is 3.13. The number of carbonyl (C=O) groups excluding carboxylic acids is 1. The Bertz CT molecular complexity index is 610. The highest BCUT2D eigenvalue weighted by molar-refractivity contribution is 6.29. The number of aryl methyl sites for hydroxylation is 1. The molecule has 7 heteroatoms. The number of fused-ring (bicyclic) bond motifs is 1. The zero-order valence-electron chi connectivity index (χ0n) is 11.3. The van der Waals surface area contributed by atoms with Crippen LogP contribution in [0.1, 0.15) is 18.1 Å². The van der Waals surface area contributed by atoms with E-state index in [-0.39, 0.29) is 12.4 Å². The van der Waals surface area contributed by atoms with Crippen LogP contribution in [0.15, 0.2) is 23.8 Å². The van der Waals surface area contributed by atoms with Gasteiger partial charge in [0.1, 0.15) is 11.3 Å². The van der Waals surface area contributed by atoms with Gasteiger partial charge in [-0.15, -0.1) is 0 Å². The van der Waals surface area contributed by atoms with Crippen LogP contribution in [0.25, 0.3) is 6.08 Å². The summed E-state index contributed by atoms with van der Waals surface area (Å²) in [5.74, 6) is -1.19. The second kappa shape index (κ2) is 5.26. The fraction of sp³-hybridized carbons (Fsp3) is 0.357. The fourth-order valence-electron chi connectivity index (χ4n) is 1.91. The molecular formula is C14H12ClF3O3. The number of esters is 1. The molecule has 0 bridgehead atoms. The molecule has 0 aliphatic carbocycles. The molecule has 3 nitrogen and oxygen atoms in total. The van der Waals surface area contributed by atoms with E-state index in [0.717, 1.165) is 6.08 Å². The van der Waals surface area contributed by atoms with Crippen molar-refractivity contribution in [1.29, 1.82) is 0 Å². The van der Waals surface area contributed by atoms with Crippen LogP contribution in [0.5, 0.6) is 5.75 Å². The summed E-state index contributed by atoms with van der Waals surface area (Å²) in [6.07, 6.45) is -3.93. The first-order chi connectivity index (χ1) is 9.69. The van der Waals surface area contributed by atoms with Crippen molar-refractivity contribution in [3.8, 4) is 5.75 Å². The number of hydrogen-bond acceptors (Lipinski definition) is 3. The predicted molar refractivity (Wildman–Crippen MR) is 71.1 cm³/mol. The highest BCUT2D eigenvalue weighted by Gasteiger charge is 2.62. The lowest BCUT2D eigenvalue weighted by Gasteiger charge is -2.34. The number of carbonyl (C=O) groups is 1. The maximum Gasteiger partial charge on any atom is 0.448 e. The van der Waals surface area contributed by atoms with Crippen LogP contribution in [0, 0.1) is 6.92 Å². The topological polar surface area (TPSA) is 35.5 Å². The number of ether oxygens (including phenoxy) is 2. The van der Waals surface area contributed by atoms with Crippen molar-refractivity contribution in [3.63, 3.8) is 0 Å². The van der Waals surface area contributed by atoms with E-state index in [1.54, 1.807) is 19.1 Å². The van der Waals surface area contributed by atoms with Gasteiger partial charge in [0, 0.05) is 5.56 Å². The van der Waals surface area contributed by atoms with Gasteiger partial charge in [0.25, 0.3) is 0 Å².